The number of amides is 1. The second-order valence-corrected chi connectivity index (χ2v) is 5.28. The monoisotopic (exact) mass is 263 g/mol. The molecular formula is C13H17N3OS. The van der Waals surface area contributed by atoms with Crippen LogP contribution in [0.3, 0.4) is 0 Å². The molecule has 2 rings (SSSR count). The lowest BCUT2D eigenvalue weighted by molar-refractivity contribution is 0.0939. The summed E-state index contributed by atoms with van der Waals surface area (Å²) in [7, 11) is 0. The number of rotatable bonds is 5. The van der Waals surface area contributed by atoms with Gasteiger partial charge in [-0.15, -0.1) is 0 Å². The molecule has 1 aromatic carbocycles. The van der Waals surface area contributed by atoms with Gasteiger partial charge in [-0.1, -0.05) is 0 Å². The zero-order chi connectivity index (χ0) is 13.0. The number of carbonyl (C=O) groups excluding carboxylic acids is 1. The Morgan fingerprint density at radius 1 is 1.56 bits per heavy atom. The smallest absolute Gasteiger partial charge is 0.251 e. The minimum absolute atomic E-state index is 0.0277. The van der Waals surface area contributed by atoms with Crippen molar-refractivity contribution >= 4 is 28.7 Å². The summed E-state index contributed by atoms with van der Waals surface area (Å²) < 4.78 is 0. The molecule has 0 spiro atoms. The van der Waals surface area contributed by atoms with E-state index in [2.05, 4.69) is 21.5 Å². The van der Waals surface area contributed by atoms with Gasteiger partial charge in [0.1, 0.15) is 0 Å². The lowest BCUT2D eigenvalue weighted by Crippen LogP contribution is -2.32. The quantitative estimate of drug-likeness (QED) is 0.871. The molecule has 0 bridgehead atoms. The SMILES string of the molecule is CSCCC(C)NC(=O)c1ccc2nc[nH]c2c1. The van der Waals surface area contributed by atoms with Gasteiger partial charge in [-0.3, -0.25) is 4.79 Å². The van der Waals surface area contributed by atoms with Gasteiger partial charge in [0.25, 0.3) is 5.91 Å². The molecule has 0 aliphatic heterocycles. The molecule has 0 saturated carbocycles. The lowest BCUT2D eigenvalue weighted by Gasteiger charge is -2.13. The molecule has 1 unspecified atom stereocenters. The summed E-state index contributed by atoms with van der Waals surface area (Å²) in [4.78, 5) is 19.2. The van der Waals surface area contributed by atoms with Crippen LogP contribution in [0.1, 0.15) is 23.7 Å². The molecular weight excluding hydrogens is 246 g/mol. The van der Waals surface area contributed by atoms with E-state index in [0.29, 0.717) is 5.56 Å². The molecule has 0 fully saturated rings. The number of aromatic nitrogens is 2. The number of nitrogens with one attached hydrogen (secondary N) is 2. The molecule has 18 heavy (non-hydrogen) atoms. The fourth-order valence-electron chi connectivity index (χ4n) is 1.75. The van der Waals surface area contributed by atoms with E-state index in [1.165, 1.54) is 0 Å². The number of carbonyl (C=O) groups is 1. The highest BCUT2D eigenvalue weighted by atomic mass is 32.2. The Morgan fingerprint density at radius 3 is 3.17 bits per heavy atom. The van der Waals surface area contributed by atoms with Crippen LogP contribution in [0.15, 0.2) is 24.5 Å². The molecule has 0 radical (unpaired) electrons. The van der Waals surface area contributed by atoms with Crippen molar-refractivity contribution in [2.45, 2.75) is 19.4 Å². The van der Waals surface area contributed by atoms with Crippen molar-refractivity contribution in [1.82, 2.24) is 15.3 Å². The molecule has 1 atom stereocenters. The van der Waals surface area contributed by atoms with E-state index < -0.39 is 0 Å². The summed E-state index contributed by atoms with van der Waals surface area (Å²) in [5.41, 5.74) is 2.43. The number of hydrogen-bond acceptors (Lipinski definition) is 3. The van der Waals surface area contributed by atoms with Gasteiger partial charge in [-0.05, 0) is 43.6 Å². The average molecular weight is 263 g/mol. The number of aromatic amines is 1. The van der Waals surface area contributed by atoms with Crippen LogP contribution >= 0.6 is 11.8 Å². The van der Waals surface area contributed by atoms with Gasteiger partial charge in [0.15, 0.2) is 0 Å². The molecule has 1 amide bonds. The van der Waals surface area contributed by atoms with Crippen molar-refractivity contribution in [2.75, 3.05) is 12.0 Å². The molecule has 2 aromatic rings. The number of hydrogen-bond donors (Lipinski definition) is 2. The summed E-state index contributed by atoms with van der Waals surface area (Å²) in [5, 5.41) is 3.00. The molecule has 4 nitrogen and oxygen atoms in total. The van der Waals surface area contributed by atoms with E-state index in [1.807, 2.05) is 19.1 Å². The third-order valence-electron chi connectivity index (χ3n) is 2.81. The van der Waals surface area contributed by atoms with Crippen LogP contribution in [0.2, 0.25) is 0 Å². The molecule has 5 heteroatoms. The third-order valence-corrected chi connectivity index (χ3v) is 3.46. The van der Waals surface area contributed by atoms with Gasteiger partial charge in [0.2, 0.25) is 0 Å². The van der Waals surface area contributed by atoms with Crippen molar-refractivity contribution in [3.63, 3.8) is 0 Å². The zero-order valence-electron chi connectivity index (χ0n) is 10.6. The Balaban J connectivity index is 2.03. The minimum Gasteiger partial charge on any atom is -0.350 e. The molecule has 96 valence electrons. The molecule has 1 heterocycles. The largest absolute Gasteiger partial charge is 0.350 e. The first-order valence-corrected chi connectivity index (χ1v) is 7.33. The van der Waals surface area contributed by atoms with Crippen LogP contribution < -0.4 is 5.32 Å². The highest BCUT2D eigenvalue weighted by Gasteiger charge is 2.10. The van der Waals surface area contributed by atoms with E-state index in [-0.39, 0.29) is 11.9 Å². The maximum Gasteiger partial charge on any atom is 0.251 e. The van der Waals surface area contributed by atoms with Gasteiger partial charge in [0.05, 0.1) is 17.4 Å². The van der Waals surface area contributed by atoms with Gasteiger partial charge in [-0.25, -0.2) is 4.98 Å². The van der Waals surface area contributed by atoms with Crippen LogP contribution in [-0.2, 0) is 0 Å². The van der Waals surface area contributed by atoms with Crippen LogP contribution in [0, 0.1) is 0 Å². The Morgan fingerprint density at radius 2 is 2.39 bits per heavy atom. The Kier molecular flexibility index (Phi) is 4.25. The molecule has 0 aliphatic carbocycles. The first-order chi connectivity index (χ1) is 8.70. The normalized spacial score (nSPS) is 12.6. The van der Waals surface area contributed by atoms with Gasteiger partial charge in [0, 0.05) is 11.6 Å². The minimum atomic E-state index is -0.0277. The summed E-state index contributed by atoms with van der Waals surface area (Å²) >= 11 is 1.79. The molecule has 1 aromatic heterocycles. The van der Waals surface area contributed by atoms with Crippen molar-refractivity contribution in [3.05, 3.63) is 30.1 Å². The van der Waals surface area contributed by atoms with E-state index in [0.717, 1.165) is 23.2 Å². The average Bonchev–Trinajstić information content (AvgIpc) is 2.83. The predicted molar refractivity (Wildman–Crippen MR) is 76.0 cm³/mol. The molecule has 0 saturated heterocycles. The summed E-state index contributed by atoms with van der Waals surface area (Å²) in [6.07, 6.45) is 4.69. The topological polar surface area (TPSA) is 57.8 Å². The van der Waals surface area contributed by atoms with Crippen molar-refractivity contribution < 1.29 is 4.79 Å². The Bertz CT molecular complexity index is 538. The van der Waals surface area contributed by atoms with Crippen molar-refractivity contribution in [2.24, 2.45) is 0 Å². The maximum atomic E-state index is 12.0. The Labute approximate surface area is 111 Å². The van der Waals surface area contributed by atoms with E-state index in [9.17, 15) is 4.79 Å². The summed E-state index contributed by atoms with van der Waals surface area (Å²) in [6.45, 7) is 2.03. The van der Waals surface area contributed by atoms with Crippen LogP contribution in [-0.4, -0.2) is 33.9 Å². The predicted octanol–water partition coefficient (Wildman–Crippen LogP) is 2.43. The fraction of sp³-hybridized carbons (Fsp3) is 0.385. The molecule has 0 aliphatic rings. The first kappa shape index (κ1) is 13.0. The number of benzene rings is 1. The second kappa shape index (κ2) is 5.91. The first-order valence-electron chi connectivity index (χ1n) is 5.93. The van der Waals surface area contributed by atoms with Crippen LogP contribution in [0.5, 0.6) is 0 Å². The van der Waals surface area contributed by atoms with E-state index in [1.54, 1.807) is 24.2 Å². The third kappa shape index (κ3) is 3.04. The summed E-state index contributed by atoms with van der Waals surface area (Å²) in [6, 6.07) is 5.69. The number of imidazole rings is 1. The molecule has 2 N–H and O–H groups in total. The van der Waals surface area contributed by atoms with Gasteiger partial charge in [-0.2, -0.15) is 11.8 Å². The summed E-state index contributed by atoms with van der Waals surface area (Å²) in [5.74, 6) is 1.03. The number of thioether (sulfide) groups is 1. The second-order valence-electron chi connectivity index (χ2n) is 4.29. The van der Waals surface area contributed by atoms with E-state index >= 15 is 0 Å². The lowest BCUT2D eigenvalue weighted by atomic mass is 10.1. The van der Waals surface area contributed by atoms with Crippen molar-refractivity contribution in [1.29, 1.82) is 0 Å². The Hall–Kier alpha value is -1.49. The van der Waals surface area contributed by atoms with Gasteiger partial charge < -0.3 is 10.3 Å². The zero-order valence-corrected chi connectivity index (χ0v) is 11.4. The van der Waals surface area contributed by atoms with Crippen molar-refractivity contribution in [3.8, 4) is 0 Å². The fourth-order valence-corrected chi connectivity index (χ4v) is 2.34. The van der Waals surface area contributed by atoms with Gasteiger partial charge >= 0.3 is 0 Å². The maximum absolute atomic E-state index is 12.0. The highest BCUT2D eigenvalue weighted by molar-refractivity contribution is 7.98. The van der Waals surface area contributed by atoms with Crippen LogP contribution in [0.4, 0.5) is 0 Å². The standard InChI is InChI=1S/C13H17N3OS/c1-9(5-6-18-2)16-13(17)10-3-4-11-12(7-10)15-8-14-11/h3-4,7-9H,5-6H2,1-2H3,(H,14,15)(H,16,17). The number of nitrogens with zero attached hydrogens (tertiary/aromatic N) is 1. The number of H-pyrrole nitrogens is 1. The van der Waals surface area contributed by atoms with E-state index in [4.69, 9.17) is 0 Å². The van der Waals surface area contributed by atoms with Crippen LogP contribution in [0.25, 0.3) is 11.0 Å². The number of fused-ring (bicyclic) bond motifs is 1. The highest BCUT2D eigenvalue weighted by Crippen LogP contribution is 2.12.